The van der Waals surface area contributed by atoms with Gasteiger partial charge in [0.25, 0.3) is 0 Å². The summed E-state index contributed by atoms with van der Waals surface area (Å²) in [5.74, 6) is -0.373. The molecule has 0 aliphatic carbocycles. The fourth-order valence-electron chi connectivity index (χ4n) is 1.93. The Hall–Kier alpha value is -0.900. The van der Waals surface area contributed by atoms with E-state index in [1.54, 1.807) is 17.4 Å². The Balaban J connectivity index is 2.41. The molecule has 1 N–H and O–H groups in total. The van der Waals surface area contributed by atoms with E-state index in [1.165, 1.54) is 10.9 Å². The van der Waals surface area contributed by atoms with Crippen LogP contribution in [-0.2, 0) is 6.42 Å². The standard InChI is InChI=1S/C14H15ClFNS/c1-3-9-7-8-12(18-9)14(17-2)10-5-4-6-11(16)13(10)15/h4-8,14,17H,3H2,1-2H3. The van der Waals surface area contributed by atoms with Crippen LogP contribution >= 0.6 is 22.9 Å². The number of aryl methyl sites for hydroxylation is 1. The zero-order valence-corrected chi connectivity index (χ0v) is 11.9. The molecule has 0 bridgehead atoms. The summed E-state index contributed by atoms with van der Waals surface area (Å²) in [5, 5.41) is 3.40. The van der Waals surface area contributed by atoms with Gasteiger partial charge in [0.1, 0.15) is 5.82 Å². The first kappa shape index (κ1) is 13.5. The molecule has 0 fully saturated rings. The van der Waals surface area contributed by atoms with Crippen molar-refractivity contribution in [3.05, 3.63) is 56.5 Å². The number of hydrogen-bond donors (Lipinski definition) is 1. The average Bonchev–Trinajstić information content (AvgIpc) is 2.84. The topological polar surface area (TPSA) is 12.0 Å². The summed E-state index contributed by atoms with van der Waals surface area (Å²) >= 11 is 7.78. The quantitative estimate of drug-likeness (QED) is 0.876. The molecule has 96 valence electrons. The lowest BCUT2D eigenvalue weighted by molar-refractivity contribution is 0.618. The lowest BCUT2D eigenvalue weighted by Crippen LogP contribution is -2.17. The van der Waals surface area contributed by atoms with Crippen molar-refractivity contribution in [3.8, 4) is 0 Å². The Kier molecular flexibility index (Phi) is 4.38. The van der Waals surface area contributed by atoms with Gasteiger partial charge in [0, 0.05) is 9.75 Å². The van der Waals surface area contributed by atoms with Crippen LogP contribution in [0.3, 0.4) is 0 Å². The van der Waals surface area contributed by atoms with Crippen molar-refractivity contribution in [1.82, 2.24) is 5.32 Å². The zero-order valence-electron chi connectivity index (χ0n) is 10.3. The van der Waals surface area contributed by atoms with Crippen LogP contribution in [0.5, 0.6) is 0 Å². The number of rotatable bonds is 4. The molecule has 2 aromatic rings. The number of thiophene rings is 1. The molecule has 0 radical (unpaired) electrons. The Morgan fingerprint density at radius 3 is 2.72 bits per heavy atom. The molecule has 18 heavy (non-hydrogen) atoms. The largest absolute Gasteiger partial charge is 0.309 e. The van der Waals surface area contributed by atoms with E-state index in [4.69, 9.17) is 11.6 Å². The van der Waals surface area contributed by atoms with Crippen molar-refractivity contribution in [3.63, 3.8) is 0 Å². The highest BCUT2D eigenvalue weighted by atomic mass is 35.5. The fraction of sp³-hybridized carbons (Fsp3) is 0.286. The van der Waals surface area contributed by atoms with Crippen molar-refractivity contribution < 1.29 is 4.39 Å². The molecule has 4 heteroatoms. The molecule has 1 aromatic heterocycles. The maximum absolute atomic E-state index is 13.5. The molecular weight excluding hydrogens is 269 g/mol. The zero-order chi connectivity index (χ0) is 13.1. The van der Waals surface area contributed by atoms with Crippen LogP contribution in [0.1, 0.15) is 28.3 Å². The minimum absolute atomic E-state index is 0.0569. The van der Waals surface area contributed by atoms with Gasteiger partial charge in [-0.1, -0.05) is 30.7 Å². The van der Waals surface area contributed by atoms with Crippen LogP contribution in [0.2, 0.25) is 5.02 Å². The molecule has 0 aliphatic heterocycles. The van der Waals surface area contributed by atoms with Gasteiger partial charge < -0.3 is 5.32 Å². The van der Waals surface area contributed by atoms with Gasteiger partial charge in [0.2, 0.25) is 0 Å². The minimum Gasteiger partial charge on any atom is -0.309 e. The maximum atomic E-state index is 13.5. The van der Waals surface area contributed by atoms with Crippen LogP contribution in [0, 0.1) is 5.82 Å². The second-order valence-corrected chi connectivity index (χ2v) is 5.60. The van der Waals surface area contributed by atoms with Gasteiger partial charge in [-0.25, -0.2) is 4.39 Å². The van der Waals surface area contributed by atoms with E-state index in [-0.39, 0.29) is 16.9 Å². The molecule has 0 saturated carbocycles. The second-order valence-electron chi connectivity index (χ2n) is 4.02. The SMILES string of the molecule is CCc1ccc(C(NC)c2cccc(F)c2Cl)s1. The van der Waals surface area contributed by atoms with E-state index < -0.39 is 0 Å². The van der Waals surface area contributed by atoms with Gasteiger partial charge in [-0.15, -0.1) is 11.3 Å². The van der Waals surface area contributed by atoms with Gasteiger partial charge in [0.15, 0.2) is 0 Å². The van der Waals surface area contributed by atoms with Crippen LogP contribution in [0.25, 0.3) is 0 Å². The van der Waals surface area contributed by atoms with Crippen molar-refractivity contribution >= 4 is 22.9 Å². The van der Waals surface area contributed by atoms with Crippen molar-refractivity contribution in [2.45, 2.75) is 19.4 Å². The van der Waals surface area contributed by atoms with Crippen LogP contribution in [0.4, 0.5) is 4.39 Å². The van der Waals surface area contributed by atoms with E-state index in [9.17, 15) is 4.39 Å². The van der Waals surface area contributed by atoms with E-state index in [0.717, 1.165) is 16.9 Å². The van der Waals surface area contributed by atoms with Gasteiger partial charge in [-0.3, -0.25) is 0 Å². The molecule has 1 nitrogen and oxygen atoms in total. The number of nitrogens with one attached hydrogen (secondary N) is 1. The summed E-state index contributed by atoms with van der Waals surface area (Å²) < 4.78 is 13.5. The molecule has 1 heterocycles. The van der Waals surface area contributed by atoms with E-state index in [1.807, 2.05) is 13.1 Å². The average molecular weight is 284 g/mol. The van der Waals surface area contributed by atoms with Crippen LogP contribution in [0.15, 0.2) is 30.3 Å². The van der Waals surface area contributed by atoms with Gasteiger partial charge in [-0.2, -0.15) is 0 Å². The van der Waals surface area contributed by atoms with Crippen molar-refractivity contribution in [2.24, 2.45) is 0 Å². The highest BCUT2D eigenvalue weighted by Gasteiger charge is 2.18. The molecule has 1 aromatic carbocycles. The molecule has 2 rings (SSSR count). The molecule has 0 saturated heterocycles. The van der Waals surface area contributed by atoms with Crippen molar-refractivity contribution in [1.29, 1.82) is 0 Å². The highest BCUT2D eigenvalue weighted by Crippen LogP contribution is 2.33. The Morgan fingerprint density at radius 2 is 2.11 bits per heavy atom. The predicted molar refractivity (Wildman–Crippen MR) is 76.0 cm³/mol. The summed E-state index contributed by atoms with van der Waals surface area (Å²) in [7, 11) is 1.86. The maximum Gasteiger partial charge on any atom is 0.142 e. The minimum atomic E-state index is -0.373. The molecule has 0 aliphatic rings. The number of halogens is 2. The third-order valence-corrected chi connectivity index (χ3v) is 4.59. The second kappa shape index (κ2) is 5.83. The van der Waals surface area contributed by atoms with E-state index >= 15 is 0 Å². The Bertz CT molecular complexity index is 538. The first-order valence-corrected chi connectivity index (χ1v) is 7.06. The van der Waals surface area contributed by atoms with Gasteiger partial charge >= 0.3 is 0 Å². The summed E-state index contributed by atoms with van der Waals surface area (Å²) in [6.07, 6.45) is 1.01. The highest BCUT2D eigenvalue weighted by molar-refractivity contribution is 7.12. The lowest BCUT2D eigenvalue weighted by atomic mass is 10.1. The lowest BCUT2D eigenvalue weighted by Gasteiger charge is -2.16. The summed E-state index contributed by atoms with van der Waals surface area (Å²) in [4.78, 5) is 2.47. The van der Waals surface area contributed by atoms with Crippen LogP contribution < -0.4 is 5.32 Å². The van der Waals surface area contributed by atoms with E-state index in [2.05, 4.69) is 24.4 Å². The smallest absolute Gasteiger partial charge is 0.142 e. The third-order valence-electron chi connectivity index (χ3n) is 2.90. The first-order chi connectivity index (χ1) is 8.67. The van der Waals surface area contributed by atoms with Crippen molar-refractivity contribution in [2.75, 3.05) is 7.05 Å². The molecule has 1 unspecified atom stereocenters. The Labute approximate surface area is 116 Å². The Morgan fingerprint density at radius 1 is 1.33 bits per heavy atom. The first-order valence-electron chi connectivity index (χ1n) is 5.87. The molecule has 0 spiro atoms. The van der Waals surface area contributed by atoms with Gasteiger partial charge in [-0.05, 0) is 37.2 Å². The molecule has 0 amide bonds. The molecular formula is C14H15ClFNS. The summed E-state index contributed by atoms with van der Waals surface area (Å²) in [6, 6.07) is 9.06. The summed E-state index contributed by atoms with van der Waals surface area (Å²) in [6.45, 7) is 2.12. The monoisotopic (exact) mass is 283 g/mol. The predicted octanol–water partition coefficient (Wildman–Crippen LogP) is 4.41. The van der Waals surface area contributed by atoms with Gasteiger partial charge in [0.05, 0.1) is 11.1 Å². The van der Waals surface area contributed by atoms with Crippen LogP contribution in [-0.4, -0.2) is 7.05 Å². The normalized spacial score (nSPS) is 12.7. The number of hydrogen-bond acceptors (Lipinski definition) is 2. The van der Waals surface area contributed by atoms with E-state index in [0.29, 0.717) is 0 Å². The fourth-order valence-corrected chi connectivity index (χ4v) is 3.25. The summed E-state index contributed by atoms with van der Waals surface area (Å²) in [5.41, 5.74) is 0.781. The third kappa shape index (κ3) is 2.58. The number of benzene rings is 1. The molecule has 1 atom stereocenters.